The average Bonchev–Trinajstić information content (AvgIpc) is 2.99. The Hall–Kier alpha value is -2.24. The van der Waals surface area contributed by atoms with Gasteiger partial charge in [0.2, 0.25) is 0 Å². The van der Waals surface area contributed by atoms with Crippen LogP contribution < -0.4 is 10.0 Å². The maximum Gasteiger partial charge on any atom is 0.124 e. The molecule has 0 saturated carbocycles. The molecule has 0 fully saturated rings. The van der Waals surface area contributed by atoms with E-state index in [4.69, 9.17) is 0 Å². The third kappa shape index (κ3) is 4.13. The van der Waals surface area contributed by atoms with E-state index in [1.807, 2.05) is 36.4 Å². The molecule has 0 aliphatic heterocycles. The molecule has 114 valence electrons. The van der Waals surface area contributed by atoms with Crippen LogP contribution in [0.25, 0.3) is 10.6 Å². The number of thiazole rings is 1. The Morgan fingerprint density at radius 3 is 2.36 bits per heavy atom. The summed E-state index contributed by atoms with van der Waals surface area (Å²) >= 11 is 1.30. The van der Waals surface area contributed by atoms with E-state index >= 15 is 0 Å². The van der Waals surface area contributed by atoms with Gasteiger partial charge in [0, 0.05) is 16.5 Å². The van der Waals surface area contributed by atoms with Crippen molar-refractivity contribution in [2.24, 2.45) is 0 Å². The summed E-state index contributed by atoms with van der Waals surface area (Å²) in [5.74, 6) is -1.24. The molecule has 0 radical (unpaired) electrons. The number of carboxylic acids is 1. The minimum Gasteiger partial charge on any atom is -0.543 e. The second-order valence-electron chi connectivity index (χ2n) is 4.93. The zero-order chi connectivity index (χ0) is 15.9. The number of hydrogen-bond donors (Lipinski definition) is 1. The Kier molecular flexibility index (Phi) is 5.63. The Labute approximate surface area is 134 Å². The number of quaternary nitrogens is 1. The lowest BCUT2D eigenvalue weighted by atomic mass is 10.1. The van der Waals surface area contributed by atoms with E-state index in [-0.39, 0.29) is 5.69 Å². The molecule has 0 saturated heterocycles. The van der Waals surface area contributed by atoms with E-state index in [9.17, 15) is 9.90 Å². The molecule has 2 aromatic rings. The second kappa shape index (κ2) is 7.68. The summed E-state index contributed by atoms with van der Waals surface area (Å²) in [6.07, 6.45) is 3.81. The first-order chi connectivity index (χ1) is 10.6. The normalized spacial score (nSPS) is 10.6. The highest BCUT2D eigenvalue weighted by Crippen LogP contribution is 2.23. The van der Waals surface area contributed by atoms with E-state index in [1.54, 1.807) is 0 Å². The summed E-state index contributed by atoms with van der Waals surface area (Å²) in [4.78, 5) is 16.2. The van der Waals surface area contributed by atoms with Crippen LogP contribution in [0.1, 0.15) is 16.1 Å². The molecule has 4 nitrogen and oxygen atoms in total. The van der Waals surface area contributed by atoms with Crippen LogP contribution in [-0.2, 0) is 6.54 Å². The predicted octanol–water partition coefficient (Wildman–Crippen LogP) is 0.931. The summed E-state index contributed by atoms with van der Waals surface area (Å²) in [5, 5.41) is 12.9. The molecule has 22 heavy (non-hydrogen) atoms. The van der Waals surface area contributed by atoms with E-state index in [1.165, 1.54) is 27.2 Å². The summed E-state index contributed by atoms with van der Waals surface area (Å²) in [5.41, 5.74) is 2.10. The molecule has 5 heteroatoms. The number of nitrogens with zero attached hydrogens (tertiary/aromatic N) is 1. The zero-order valence-corrected chi connectivity index (χ0v) is 13.1. The van der Waals surface area contributed by atoms with E-state index < -0.39 is 5.97 Å². The average molecular weight is 314 g/mol. The summed E-state index contributed by atoms with van der Waals surface area (Å²) in [6, 6.07) is 8.02. The number of rotatable bonds is 8. The van der Waals surface area contributed by atoms with Crippen molar-refractivity contribution in [3.05, 3.63) is 66.2 Å². The fourth-order valence-corrected chi connectivity index (χ4v) is 2.99. The van der Waals surface area contributed by atoms with Crippen LogP contribution in [0.3, 0.4) is 0 Å². The first-order valence-corrected chi connectivity index (χ1v) is 7.83. The van der Waals surface area contributed by atoms with Crippen LogP contribution in [0.2, 0.25) is 0 Å². The van der Waals surface area contributed by atoms with E-state index in [2.05, 4.69) is 18.1 Å². The van der Waals surface area contributed by atoms with Crippen molar-refractivity contribution in [3.63, 3.8) is 0 Å². The van der Waals surface area contributed by atoms with E-state index in [0.29, 0.717) is 5.01 Å². The van der Waals surface area contributed by atoms with Gasteiger partial charge in [-0.2, -0.15) is 0 Å². The fourth-order valence-electron chi connectivity index (χ4n) is 2.19. The quantitative estimate of drug-likeness (QED) is 0.738. The molecular weight excluding hydrogens is 296 g/mol. The predicted molar refractivity (Wildman–Crippen MR) is 86.7 cm³/mol. The number of hydrogen-bond acceptors (Lipinski definition) is 4. The number of nitrogens with one attached hydrogen (secondary N) is 1. The standard InChI is InChI=1S/C17H18N2O2S/c1-3-9-19(10-4-2)11-13-5-7-14(8-6-13)16-18-15(12-22-16)17(20)21/h3-8,12H,1-2,9-11H2,(H,20,21). The molecular formula is C17H18N2O2S. The molecule has 0 amide bonds. The highest BCUT2D eigenvalue weighted by Gasteiger charge is 2.08. The van der Waals surface area contributed by atoms with Crippen molar-refractivity contribution in [2.75, 3.05) is 13.1 Å². The number of carbonyl (C=O) groups is 1. The highest BCUT2D eigenvalue weighted by atomic mass is 32.1. The van der Waals surface area contributed by atoms with Crippen molar-refractivity contribution >= 4 is 17.3 Å². The van der Waals surface area contributed by atoms with Crippen molar-refractivity contribution in [3.8, 4) is 10.6 Å². The van der Waals surface area contributed by atoms with Crippen LogP contribution in [-0.4, -0.2) is 24.0 Å². The second-order valence-corrected chi connectivity index (χ2v) is 5.79. The number of benzene rings is 1. The van der Waals surface area contributed by atoms with Crippen molar-refractivity contribution < 1.29 is 14.8 Å². The molecule has 0 atom stereocenters. The van der Waals surface area contributed by atoms with Crippen molar-refractivity contribution in [1.82, 2.24) is 4.98 Å². The molecule has 1 aromatic heterocycles. The molecule has 1 heterocycles. The van der Waals surface area contributed by atoms with E-state index in [0.717, 1.165) is 25.2 Å². The van der Waals surface area contributed by atoms with Gasteiger partial charge in [0.1, 0.15) is 11.6 Å². The maximum absolute atomic E-state index is 10.8. The van der Waals surface area contributed by atoms with Gasteiger partial charge in [0.05, 0.1) is 24.8 Å². The van der Waals surface area contributed by atoms with Gasteiger partial charge in [0.15, 0.2) is 0 Å². The number of aromatic nitrogens is 1. The molecule has 0 aliphatic carbocycles. The summed E-state index contributed by atoms with van der Waals surface area (Å²) in [7, 11) is 0. The van der Waals surface area contributed by atoms with Crippen LogP contribution in [0.5, 0.6) is 0 Å². The van der Waals surface area contributed by atoms with Gasteiger partial charge >= 0.3 is 0 Å². The van der Waals surface area contributed by atoms with Gasteiger partial charge in [-0.25, -0.2) is 4.98 Å². The van der Waals surface area contributed by atoms with Gasteiger partial charge in [-0.3, -0.25) is 0 Å². The first-order valence-electron chi connectivity index (χ1n) is 6.95. The summed E-state index contributed by atoms with van der Waals surface area (Å²) in [6.45, 7) is 10.2. The Bertz CT molecular complexity index is 652. The fraction of sp³-hybridized carbons (Fsp3) is 0.176. The highest BCUT2D eigenvalue weighted by molar-refractivity contribution is 7.13. The minimum atomic E-state index is -1.24. The van der Waals surface area contributed by atoms with Gasteiger partial charge in [0.25, 0.3) is 0 Å². The number of carboxylic acid groups (broad SMARTS) is 1. The Morgan fingerprint density at radius 1 is 1.23 bits per heavy atom. The molecule has 1 N–H and O–H groups in total. The largest absolute Gasteiger partial charge is 0.543 e. The maximum atomic E-state index is 10.8. The Morgan fingerprint density at radius 2 is 1.86 bits per heavy atom. The molecule has 2 rings (SSSR count). The number of aromatic carboxylic acids is 1. The molecule has 0 unspecified atom stereocenters. The lowest BCUT2D eigenvalue weighted by Crippen LogP contribution is -3.10. The lowest BCUT2D eigenvalue weighted by molar-refractivity contribution is -0.902. The van der Waals surface area contributed by atoms with Crippen LogP contribution in [0.4, 0.5) is 0 Å². The molecule has 1 aromatic carbocycles. The SMILES string of the molecule is C=CC[NH+](CC=C)Cc1ccc(-c2nc(C(=O)[O-])cs2)cc1. The van der Waals surface area contributed by atoms with Gasteiger partial charge in [-0.1, -0.05) is 37.4 Å². The molecule has 0 bridgehead atoms. The topological polar surface area (TPSA) is 57.5 Å². The lowest BCUT2D eigenvalue weighted by Gasteiger charge is -2.16. The zero-order valence-electron chi connectivity index (χ0n) is 12.2. The van der Waals surface area contributed by atoms with Crippen LogP contribution in [0, 0.1) is 0 Å². The van der Waals surface area contributed by atoms with Crippen LogP contribution in [0.15, 0.2) is 55.0 Å². The smallest absolute Gasteiger partial charge is 0.124 e. The third-order valence-electron chi connectivity index (χ3n) is 3.23. The minimum absolute atomic E-state index is 0.0170. The molecule has 0 spiro atoms. The van der Waals surface area contributed by atoms with Gasteiger partial charge < -0.3 is 14.8 Å². The van der Waals surface area contributed by atoms with Gasteiger partial charge in [-0.15, -0.1) is 11.3 Å². The van der Waals surface area contributed by atoms with Crippen molar-refractivity contribution in [1.29, 1.82) is 0 Å². The monoisotopic (exact) mass is 314 g/mol. The molecule has 0 aliphatic rings. The van der Waals surface area contributed by atoms with Crippen LogP contribution >= 0.6 is 11.3 Å². The first kappa shape index (κ1) is 16.1. The summed E-state index contributed by atoms with van der Waals surface area (Å²) < 4.78 is 0. The number of carbonyl (C=O) groups excluding carboxylic acids is 1. The third-order valence-corrected chi connectivity index (χ3v) is 4.13. The Balaban J connectivity index is 2.10. The van der Waals surface area contributed by atoms with Crippen molar-refractivity contribution in [2.45, 2.75) is 6.54 Å². The van der Waals surface area contributed by atoms with Gasteiger partial charge in [-0.05, 0) is 12.2 Å².